The second kappa shape index (κ2) is 15.8. The Labute approximate surface area is 246 Å². The van der Waals surface area contributed by atoms with Gasteiger partial charge in [0.15, 0.2) is 0 Å². The Morgan fingerprint density at radius 2 is 1.90 bits per heavy atom. The number of aliphatic imine (C=N–C) groups is 2. The van der Waals surface area contributed by atoms with Crippen molar-refractivity contribution in [1.82, 2.24) is 20.0 Å². The first kappa shape index (κ1) is 33.1. The SMILES string of the molecule is C=CCN(CC)CCCCc1cc(N=C(N=C)N2CC(F)(F)C2)c(CN[C@H](C)C2CCN(C(C)C)CC2)cc1OC. The van der Waals surface area contributed by atoms with E-state index in [1.54, 1.807) is 7.11 Å². The highest BCUT2D eigenvalue weighted by Crippen LogP contribution is 2.33. The van der Waals surface area contributed by atoms with Crippen molar-refractivity contribution in [2.24, 2.45) is 15.9 Å². The molecule has 0 spiro atoms. The van der Waals surface area contributed by atoms with Crippen molar-refractivity contribution in [2.75, 3.05) is 52.9 Å². The molecule has 2 fully saturated rings. The van der Waals surface area contributed by atoms with Crippen LogP contribution < -0.4 is 10.1 Å². The first-order valence-electron chi connectivity index (χ1n) is 15.3. The van der Waals surface area contributed by atoms with Gasteiger partial charge in [0, 0.05) is 25.2 Å². The summed E-state index contributed by atoms with van der Waals surface area (Å²) < 4.78 is 33.1. The monoisotopic (exact) mass is 574 g/mol. The molecule has 1 N–H and O–H groups in total. The maximum atomic E-state index is 13.6. The van der Waals surface area contributed by atoms with Crippen LogP contribution in [0.2, 0.25) is 0 Å². The van der Waals surface area contributed by atoms with E-state index in [9.17, 15) is 8.78 Å². The van der Waals surface area contributed by atoms with Gasteiger partial charge >= 0.3 is 0 Å². The van der Waals surface area contributed by atoms with Gasteiger partial charge in [-0.25, -0.2) is 18.8 Å². The minimum atomic E-state index is -2.71. The molecule has 41 heavy (non-hydrogen) atoms. The fourth-order valence-electron chi connectivity index (χ4n) is 5.84. The van der Waals surface area contributed by atoms with Crippen molar-refractivity contribution in [2.45, 2.75) is 84.4 Å². The number of rotatable bonds is 15. The van der Waals surface area contributed by atoms with Crippen molar-refractivity contribution in [3.63, 3.8) is 0 Å². The molecule has 1 aromatic rings. The number of nitrogens with one attached hydrogen (secondary N) is 1. The van der Waals surface area contributed by atoms with Gasteiger partial charge in [-0.2, -0.15) is 0 Å². The molecule has 0 unspecified atom stereocenters. The van der Waals surface area contributed by atoms with Crippen molar-refractivity contribution in [1.29, 1.82) is 0 Å². The second-order valence-electron chi connectivity index (χ2n) is 11.9. The molecule has 0 radical (unpaired) electrons. The normalized spacial score (nSPS) is 19.0. The lowest BCUT2D eigenvalue weighted by molar-refractivity contribution is -0.101. The van der Waals surface area contributed by atoms with Gasteiger partial charge in [-0.1, -0.05) is 13.0 Å². The molecule has 0 bridgehead atoms. The van der Waals surface area contributed by atoms with Gasteiger partial charge < -0.3 is 19.9 Å². The first-order valence-corrected chi connectivity index (χ1v) is 15.3. The number of ether oxygens (including phenoxy) is 1. The van der Waals surface area contributed by atoms with E-state index in [0.29, 0.717) is 24.5 Å². The van der Waals surface area contributed by atoms with E-state index in [-0.39, 0.29) is 19.0 Å². The summed E-state index contributed by atoms with van der Waals surface area (Å²) in [6.07, 6.45) is 7.20. The Kier molecular flexibility index (Phi) is 12.7. The van der Waals surface area contributed by atoms with Crippen molar-refractivity contribution < 1.29 is 13.5 Å². The molecular weight excluding hydrogens is 522 g/mol. The molecule has 230 valence electrons. The van der Waals surface area contributed by atoms with Crippen LogP contribution in [0.3, 0.4) is 0 Å². The number of aryl methyl sites for hydroxylation is 1. The molecule has 0 aliphatic carbocycles. The van der Waals surface area contributed by atoms with Gasteiger partial charge in [0.05, 0.1) is 25.9 Å². The molecule has 0 amide bonds. The van der Waals surface area contributed by atoms with Crippen molar-refractivity contribution in [3.8, 4) is 5.75 Å². The Hall–Kier alpha value is -2.36. The third-order valence-corrected chi connectivity index (χ3v) is 8.60. The fourth-order valence-corrected chi connectivity index (χ4v) is 5.84. The van der Waals surface area contributed by atoms with E-state index in [4.69, 9.17) is 9.73 Å². The quantitative estimate of drug-likeness (QED) is 0.125. The summed E-state index contributed by atoms with van der Waals surface area (Å²) in [4.78, 5) is 15.2. The van der Waals surface area contributed by atoms with Gasteiger partial charge in [0.1, 0.15) is 5.75 Å². The molecule has 9 heteroatoms. The number of likely N-dealkylation sites (N-methyl/N-ethyl adjacent to an activating group) is 1. The van der Waals surface area contributed by atoms with Gasteiger partial charge in [0.25, 0.3) is 5.92 Å². The van der Waals surface area contributed by atoms with E-state index < -0.39 is 5.92 Å². The average Bonchev–Trinajstić information content (AvgIpc) is 2.95. The van der Waals surface area contributed by atoms with Crippen LogP contribution in [0.25, 0.3) is 0 Å². The van der Waals surface area contributed by atoms with Gasteiger partial charge in [-0.05, 0) is 115 Å². The van der Waals surface area contributed by atoms with Crippen LogP contribution in [0.5, 0.6) is 5.75 Å². The molecule has 1 atom stereocenters. The summed E-state index contributed by atoms with van der Waals surface area (Å²) in [5.74, 6) is -1.03. The molecule has 0 saturated carbocycles. The summed E-state index contributed by atoms with van der Waals surface area (Å²) in [7, 11) is 1.70. The molecule has 2 aliphatic rings. The standard InChI is InChI=1S/C32H52F2N6O/c1-8-15-38(9-2)16-11-10-12-27-19-29(37-31(35-6)40-22-32(33,34)23-40)28(20-30(27)41-7)21-36-25(5)26-13-17-39(18-14-26)24(3)4/h8,19-20,24-26,36H,1,6,9-18,21-23H2,2-5,7H3/t25-/m1/s1. The third kappa shape index (κ3) is 9.58. The van der Waals surface area contributed by atoms with Crippen LogP contribution in [0.15, 0.2) is 34.8 Å². The van der Waals surface area contributed by atoms with Crippen LogP contribution in [-0.2, 0) is 13.0 Å². The van der Waals surface area contributed by atoms with Crippen LogP contribution in [0.1, 0.15) is 64.5 Å². The predicted octanol–water partition coefficient (Wildman–Crippen LogP) is 5.76. The second-order valence-corrected chi connectivity index (χ2v) is 11.9. The Bertz CT molecular complexity index is 1010. The van der Waals surface area contributed by atoms with Gasteiger partial charge in [0.2, 0.25) is 5.96 Å². The van der Waals surface area contributed by atoms with E-state index in [2.05, 4.69) is 67.2 Å². The molecule has 2 aliphatic heterocycles. The van der Waals surface area contributed by atoms with Crippen molar-refractivity contribution in [3.05, 3.63) is 35.9 Å². The molecule has 3 rings (SSSR count). The first-order chi connectivity index (χ1) is 19.6. The Balaban J connectivity index is 1.77. The number of likely N-dealkylation sites (tertiary alicyclic amines) is 2. The van der Waals surface area contributed by atoms with Crippen LogP contribution in [0, 0.1) is 5.92 Å². The fraction of sp³-hybridized carbons (Fsp3) is 0.688. The number of hydrogen-bond donors (Lipinski definition) is 1. The number of halogens is 2. The zero-order valence-corrected chi connectivity index (χ0v) is 26.0. The largest absolute Gasteiger partial charge is 0.496 e. The van der Waals surface area contributed by atoms with E-state index in [1.807, 2.05) is 12.1 Å². The predicted molar refractivity (Wildman–Crippen MR) is 167 cm³/mol. The number of nitrogens with zero attached hydrogens (tertiary/aromatic N) is 5. The maximum absolute atomic E-state index is 13.6. The van der Waals surface area contributed by atoms with Gasteiger partial charge in [-0.3, -0.25) is 4.90 Å². The number of guanidine groups is 1. The topological polar surface area (TPSA) is 55.7 Å². The summed E-state index contributed by atoms with van der Waals surface area (Å²) in [5.41, 5.74) is 2.76. The zero-order valence-electron chi connectivity index (χ0n) is 26.0. The number of methoxy groups -OCH3 is 1. The highest BCUT2D eigenvalue weighted by molar-refractivity contribution is 5.87. The lowest BCUT2D eigenvalue weighted by Gasteiger charge is -2.39. The van der Waals surface area contributed by atoms with Crippen LogP contribution >= 0.6 is 0 Å². The Morgan fingerprint density at radius 1 is 1.20 bits per heavy atom. The number of piperidine rings is 1. The molecular formula is C32H52F2N6O. The zero-order chi connectivity index (χ0) is 30.0. The van der Waals surface area contributed by atoms with Crippen LogP contribution in [-0.4, -0.2) is 98.3 Å². The average molecular weight is 575 g/mol. The highest BCUT2D eigenvalue weighted by atomic mass is 19.3. The van der Waals surface area contributed by atoms with E-state index in [0.717, 1.165) is 74.6 Å². The summed E-state index contributed by atoms with van der Waals surface area (Å²) in [6, 6.07) is 5.03. The van der Waals surface area contributed by atoms with Crippen molar-refractivity contribution >= 4 is 18.4 Å². The van der Waals surface area contributed by atoms with E-state index >= 15 is 0 Å². The molecule has 0 aromatic heterocycles. The lowest BCUT2D eigenvalue weighted by Crippen LogP contribution is -2.58. The molecule has 2 saturated heterocycles. The minimum Gasteiger partial charge on any atom is -0.496 e. The maximum Gasteiger partial charge on any atom is 0.282 e. The number of benzene rings is 1. The summed E-state index contributed by atoms with van der Waals surface area (Å²) >= 11 is 0. The van der Waals surface area contributed by atoms with E-state index in [1.165, 1.54) is 17.7 Å². The third-order valence-electron chi connectivity index (χ3n) is 8.60. The smallest absolute Gasteiger partial charge is 0.282 e. The highest BCUT2D eigenvalue weighted by Gasteiger charge is 2.45. The Morgan fingerprint density at radius 3 is 2.46 bits per heavy atom. The van der Waals surface area contributed by atoms with Crippen LogP contribution in [0.4, 0.5) is 14.5 Å². The minimum absolute atomic E-state index is 0.241. The summed E-state index contributed by atoms with van der Waals surface area (Å²) in [6.45, 7) is 21.4. The number of hydrogen-bond acceptors (Lipinski definition) is 5. The number of unbranched alkanes of at least 4 members (excludes halogenated alkanes) is 1. The molecule has 2 heterocycles. The lowest BCUT2D eigenvalue weighted by atomic mass is 9.89. The number of alkyl halides is 2. The molecule has 1 aromatic carbocycles. The molecule has 7 nitrogen and oxygen atoms in total. The summed E-state index contributed by atoms with van der Waals surface area (Å²) in [5, 5.41) is 3.73. The van der Waals surface area contributed by atoms with Gasteiger partial charge in [-0.15, -0.1) is 6.58 Å².